The number of aliphatic carboxylic acids is 1. The number of carboxylic acid groups (broad SMARTS) is 1. The number of likely N-dealkylation sites (tertiary alicyclic amines) is 1. The zero-order valence-electron chi connectivity index (χ0n) is 11.1. The predicted octanol–water partition coefficient (Wildman–Crippen LogP) is 0.236. The van der Waals surface area contributed by atoms with Crippen LogP contribution in [-0.2, 0) is 16.1 Å². The normalized spacial score (nSPS) is 27.6. The Kier molecular flexibility index (Phi) is 3.82. The van der Waals surface area contributed by atoms with E-state index in [4.69, 9.17) is 0 Å². The lowest BCUT2D eigenvalue weighted by atomic mass is 9.81. The molecule has 104 valence electrons. The van der Waals surface area contributed by atoms with Gasteiger partial charge in [-0.15, -0.1) is 5.10 Å². The van der Waals surface area contributed by atoms with E-state index in [0.717, 1.165) is 0 Å². The van der Waals surface area contributed by atoms with Crippen molar-refractivity contribution in [3.05, 3.63) is 12.4 Å². The van der Waals surface area contributed by atoms with Gasteiger partial charge in [0, 0.05) is 25.2 Å². The molecule has 0 saturated carbocycles. The molecule has 0 bridgehead atoms. The minimum absolute atomic E-state index is 0.0117. The first-order valence-corrected chi connectivity index (χ1v) is 6.37. The zero-order valence-corrected chi connectivity index (χ0v) is 11.1. The molecule has 1 aromatic rings. The fraction of sp³-hybridized carbons (Fsp3) is 0.667. The fourth-order valence-corrected chi connectivity index (χ4v) is 2.76. The molecule has 1 aliphatic rings. The third-order valence-corrected chi connectivity index (χ3v) is 3.77. The molecule has 0 aromatic carbocycles. The van der Waals surface area contributed by atoms with Crippen LogP contribution in [0.4, 0.5) is 0 Å². The van der Waals surface area contributed by atoms with Gasteiger partial charge in [0.2, 0.25) is 5.91 Å². The molecule has 1 aliphatic heterocycles. The van der Waals surface area contributed by atoms with Crippen molar-refractivity contribution >= 4 is 11.9 Å². The van der Waals surface area contributed by atoms with E-state index >= 15 is 0 Å². The van der Waals surface area contributed by atoms with Crippen molar-refractivity contribution in [2.45, 2.75) is 32.9 Å². The molecule has 1 saturated heterocycles. The second-order valence-corrected chi connectivity index (χ2v) is 5.04. The van der Waals surface area contributed by atoms with E-state index in [1.807, 2.05) is 6.92 Å². The number of carbonyl (C=O) groups excluding carboxylic acids is 1. The summed E-state index contributed by atoms with van der Waals surface area (Å²) in [6.07, 6.45) is 3.58. The first-order chi connectivity index (χ1) is 9.00. The molecule has 7 heteroatoms. The number of rotatable bonds is 4. The summed E-state index contributed by atoms with van der Waals surface area (Å²) >= 11 is 0. The largest absolute Gasteiger partial charge is 0.481 e. The van der Waals surface area contributed by atoms with Crippen molar-refractivity contribution < 1.29 is 14.7 Å². The first-order valence-electron chi connectivity index (χ1n) is 6.37. The highest BCUT2D eigenvalue weighted by Crippen LogP contribution is 2.29. The summed E-state index contributed by atoms with van der Waals surface area (Å²) in [5, 5.41) is 16.8. The van der Waals surface area contributed by atoms with Gasteiger partial charge in [-0.2, -0.15) is 0 Å². The molecular weight excluding hydrogens is 248 g/mol. The minimum Gasteiger partial charge on any atom is -0.481 e. The van der Waals surface area contributed by atoms with E-state index < -0.39 is 11.9 Å². The molecule has 3 unspecified atom stereocenters. The summed E-state index contributed by atoms with van der Waals surface area (Å²) in [5.74, 6) is -1.45. The Morgan fingerprint density at radius 1 is 1.47 bits per heavy atom. The second kappa shape index (κ2) is 5.38. The lowest BCUT2D eigenvalue weighted by molar-refractivity contribution is -0.154. The lowest BCUT2D eigenvalue weighted by Gasteiger charge is -2.40. The van der Waals surface area contributed by atoms with Crippen LogP contribution < -0.4 is 0 Å². The molecule has 2 heterocycles. The Bertz CT molecular complexity index is 460. The minimum atomic E-state index is -0.835. The average molecular weight is 266 g/mol. The third kappa shape index (κ3) is 2.74. The van der Waals surface area contributed by atoms with Gasteiger partial charge >= 0.3 is 5.97 Å². The number of nitrogens with zero attached hydrogens (tertiary/aromatic N) is 4. The highest BCUT2D eigenvalue weighted by atomic mass is 16.4. The Hall–Kier alpha value is -1.92. The van der Waals surface area contributed by atoms with Crippen LogP contribution in [0, 0.1) is 11.8 Å². The molecular formula is C12H18N4O3. The van der Waals surface area contributed by atoms with Gasteiger partial charge < -0.3 is 10.0 Å². The smallest absolute Gasteiger partial charge is 0.308 e. The van der Waals surface area contributed by atoms with Crippen LogP contribution in [0.5, 0.6) is 0 Å². The number of hydrogen-bond acceptors (Lipinski definition) is 4. The highest BCUT2D eigenvalue weighted by molar-refractivity contribution is 5.81. The van der Waals surface area contributed by atoms with Crippen molar-refractivity contribution in [1.82, 2.24) is 19.9 Å². The molecule has 3 atom stereocenters. The van der Waals surface area contributed by atoms with E-state index in [1.165, 1.54) is 0 Å². The van der Waals surface area contributed by atoms with Crippen molar-refractivity contribution in [1.29, 1.82) is 0 Å². The summed E-state index contributed by atoms with van der Waals surface area (Å²) < 4.78 is 1.63. The molecule has 19 heavy (non-hydrogen) atoms. The van der Waals surface area contributed by atoms with Crippen molar-refractivity contribution in [2.24, 2.45) is 11.8 Å². The second-order valence-electron chi connectivity index (χ2n) is 5.04. The summed E-state index contributed by atoms with van der Waals surface area (Å²) in [6, 6.07) is -0.294. The molecule has 1 aromatic heterocycles. The number of amides is 1. The van der Waals surface area contributed by atoms with Gasteiger partial charge in [0.05, 0.1) is 18.7 Å². The van der Waals surface area contributed by atoms with E-state index in [2.05, 4.69) is 10.3 Å². The van der Waals surface area contributed by atoms with Gasteiger partial charge in [-0.1, -0.05) is 12.1 Å². The summed E-state index contributed by atoms with van der Waals surface area (Å²) in [5.41, 5.74) is 0. The van der Waals surface area contributed by atoms with Crippen LogP contribution in [0.15, 0.2) is 12.4 Å². The van der Waals surface area contributed by atoms with E-state index in [0.29, 0.717) is 19.5 Å². The Balaban J connectivity index is 2.05. The highest BCUT2D eigenvalue weighted by Gasteiger charge is 2.41. The van der Waals surface area contributed by atoms with E-state index in [9.17, 15) is 14.7 Å². The van der Waals surface area contributed by atoms with Crippen LogP contribution in [-0.4, -0.2) is 49.5 Å². The lowest BCUT2D eigenvalue weighted by Crippen LogP contribution is -2.53. The Morgan fingerprint density at radius 2 is 2.21 bits per heavy atom. The number of carbonyl (C=O) groups is 2. The van der Waals surface area contributed by atoms with Gasteiger partial charge in [-0.3, -0.25) is 14.3 Å². The van der Waals surface area contributed by atoms with Crippen LogP contribution >= 0.6 is 0 Å². The predicted molar refractivity (Wildman–Crippen MR) is 66.1 cm³/mol. The van der Waals surface area contributed by atoms with Crippen LogP contribution in [0.2, 0.25) is 0 Å². The van der Waals surface area contributed by atoms with Gasteiger partial charge in [0.1, 0.15) is 0 Å². The number of hydrogen-bond donors (Lipinski definition) is 1. The SMILES string of the molecule is CC1CC(=O)N(CCn2ccnn2)C(C)C1C(=O)O. The number of carboxylic acids is 1. The maximum absolute atomic E-state index is 12.0. The monoisotopic (exact) mass is 266 g/mol. The molecule has 0 aliphatic carbocycles. The molecule has 2 rings (SSSR count). The van der Waals surface area contributed by atoms with Gasteiger partial charge in [-0.05, 0) is 12.8 Å². The summed E-state index contributed by atoms with van der Waals surface area (Å²) in [7, 11) is 0. The molecule has 0 spiro atoms. The fourth-order valence-electron chi connectivity index (χ4n) is 2.76. The van der Waals surface area contributed by atoms with Crippen molar-refractivity contribution in [2.75, 3.05) is 6.54 Å². The maximum Gasteiger partial charge on any atom is 0.308 e. The Morgan fingerprint density at radius 3 is 2.79 bits per heavy atom. The quantitative estimate of drug-likeness (QED) is 0.843. The van der Waals surface area contributed by atoms with E-state index in [1.54, 1.807) is 28.9 Å². The van der Waals surface area contributed by atoms with Crippen LogP contribution in [0.1, 0.15) is 20.3 Å². The average Bonchev–Trinajstić information content (AvgIpc) is 2.80. The molecule has 1 N–H and O–H groups in total. The molecule has 1 amide bonds. The Labute approximate surface area is 111 Å². The number of piperidine rings is 1. The van der Waals surface area contributed by atoms with Crippen molar-refractivity contribution in [3.8, 4) is 0 Å². The topological polar surface area (TPSA) is 88.3 Å². The first kappa shape index (κ1) is 13.5. The number of aromatic nitrogens is 3. The molecule has 0 radical (unpaired) electrons. The maximum atomic E-state index is 12.0. The van der Waals surface area contributed by atoms with Gasteiger partial charge in [0.25, 0.3) is 0 Å². The molecule has 1 fully saturated rings. The van der Waals surface area contributed by atoms with Crippen molar-refractivity contribution in [3.63, 3.8) is 0 Å². The summed E-state index contributed by atoms with van der Waals surface area (Å²) in [6.45, 7) is 4.60. The van der Waals surface area contributed by atoms with Gasteiger partial charge in [0.15, 0.2) is 0 Å². The third-order valence-electron chi connectivity index (χ3n) is 3.77. The van der Waals surface area contributed by atoms with Crippen LogP contribution in [0.25, 0.3) is 0 Å². The molecule has 7 nitrogen and oxygen atoms in total. The standard InChI is InChI=1S/C12H18N4O3/c1-8-7-10(17)16(9(2)11(8)12(18)19)6-5-15-4-3-13-14-15/h3-4,8-9,11H,5-7H2,1-2H3,(H,18,19). The van der Waals surface area contributed by atoms with Gasteiger partial charge in [-0.25, -0.2) is 0 Å². The summed E-state index contributed by atoms with van der Waals surface area (Å²) in [4.78, 5) is 25.0. The van der Waals surface area contributed by atoms with Crippen LogP contribution in [0.3, 0.4) is 0 Å². The zero-order chi connectivity index (χ0) is 14.0. The van der Waals surface area contributed by atoms with E-state index in [-0.39, 0.29) is 17.9 Å².